The van der Waals surface area contributed by atoms with Crippen molar-refractivity contribution >= 4 is 22.3 Å². The lowest BCUT2D eigenvalue weighted by Gasteiger charge is -2.02. The highest BCUT2D eigenvalue weighted by Gasteiger charge is 2.11. The van der Waals surface area contributed by atoms with E-state index in [0.717, 1.165) is 22.0 Å². The van der Waals surface area contributed by atoms with E-state index in [4.69, 9.17) is 4.74 Å². The molecule has 0 saturated carbocycles. The molecular weight excluding hydrogens is 326 g/mol. The monoisotopic (exact) mass is 343 g/mol. The number of benzene rings is 3. The average Bonchev–Trinajstić information content (AvgIpc) is 3.01. The van der Waals surface area contributed by atoms with Crippen LogP contribution in [0.25, 0.3) is 22.0 Å². The zero-order valence-electron chi connectivity index (χ0n) is 14.2. The Morgan fingerprint density at radius 3 is 2.50 bits per heavy atom. The van der Waals surface area contributed by atoms with Gasteiger partial charge in [0.25, 0.3) is 0 Å². The Balaban J connectivity index is 1.76. The molecule has 0 spiro atoms. The number of azo groups is 1. The van der Waals surface area contributed by atoms with Gasteiger partial charge in [0.1, 0.15) is 5.75 Å². The SMILES string of the molecule is COc1cccc(N=Nc2c(O)[nH]c3ccc(-c4ccccc4)cc23)c1. The summed E-state index contributed by atoms with van der Waals surface area (Å²) in [6, 6.07) is 23.3. The number of hydrogen-bond donors (Lipinski definition) is 2. The highest BCUT2D eigenvalue weighted by molar-refractivity contribution is 5.96. The van der Waals surface area contributed by atoms with Crippen molar-refractivity contribution in [3.05, 3.63) is 72.8 Å². The van der Waals surface area contributed by atoms with E-state index in [0.29, 0.717) is 17.1 Å². The fourth-order valence-corrected chi connectivity index (χ4v) is 2.86. The van der Waals surface area contributed by atoms with E-state index in [2.05, 4.69) is 15.2 Å². The van der Waals surface area contributed by atoms with Crippen molar-refractivity contribution in [2.24, 2.45) is 10.2 Å². The van der Waals surface area contributed by atoms with Crippen LogP contribution in [0.3, 0.4) is 0 Å². The zero-order chi connectivity index (χ0) is 17.9. The predicted molar refractivity (Wildman–Crippen MR) is 103 cm³/mol. The van der Waals surface area contributed by atoms with Crippen molar-refractivity contribution in [3.63, 3.8) is 0 Å². The average molecular weight is 343 g/mol. The summed E-state index contributed by atoms with van der Waals surface area (Å²) in [5.41, 5.74) is 4.03. The molecule has 0 aliphatic rings. The number of methoxy groups -OCH3 is 1. The molecule has 1 aromatic heterocycles. The smallest absolute Gasteiger partial charge is 0.218 e. The number of nitrogens with one attached hydrogen (secondary N) is 1. The van der Waals surface area contributed by atoms with Gasteiger partial charge in [-0.2, -0.15) is 5.11 Å². The van der Waals surface area contributed by atoms with Crippen molar-refractivity contribution < 1.29 is 9.84 Å². The van der Waals surface area contributed by atoms with Gasteiger partial charge in [-0.3, -0.25) is 0 Å². The van der Waals surface area contributed by atoms with E-state index in [1.165, 1.54) is 0 Å². The summed E-state index contributed by atoms with van der Waals surface area (Å²) in [5.74, 6) is 0.702. The highest BCUT2D eigenvalue weighted by Crippen LogP contribution is 2.38. The molecule has 0 amide bonds. The van der Waals surface area contributed by atoms with E-state index >= 15 is 0 Å². The number of ether oxygens (including phenoxy) is 1. The zero-order valence-corrected chi connectivity index (χ0v) is 14.2. The van der Waals surface area contributed by atoms with Crippen LogP contribution >= 0.6 is 0 Å². The number of H-pyrrole nitrogens is 1. The van der Waals surface area contributed by atoms with Gasteiger partial charge in [-0.25, -0.2) is 0 Å². The largest absolute Gasteiger partial charge is 0.497 e. The van der Waals surface area contributed by atoms with Gasteiger partial charge < -0.3 is 14.8 Å². The Morgan fingerprint density at radius 1 is 0.846 bits per heavy atom. The van der Waals surface area contributed by atoms with Crippen LogP contribution in [0, 0.1) is 0 Å². The van der Waals surface area contributed by atoms with Gasteiger partial charge in [0.15, 0.2) is 5.69 Å². The topological polar surface area (TPSA) is 70.0 Å². The van der Waals surface area contributed by atoms with Crippen molar-refractivity contribution in [2.45, 2.75) is 0 Å². The molecule has 0 fully saturated rings. The Hall–Kier alpha value is -3.60. The first-order valence-electron chi connectivity index (χ1n) is 8.20. The standard InChI is InChI=1S/C21H17N3O2/c1-26-17-9-5-8-16(13-17)23-24-20-18-12-15(14-6-3-2-4-7-14)10-11-19(18)22-21(20)25/h2-13,22,25H,1H3. The number of rotatable bonds is 4. The third kappa shape index (κ3) is 3.02. The summed E-state index contributed by atoms with van der Waals surface area (Å²) in [6.07, 6.45) is 0. The quantitative estimate of drug-likeness (QED) is 0.448. The number of aromatic amines is 1. The summed E-state index contributed by atoms with van der Waals surface area (Å²) in [4.78, 5) is 2.94. The fraction of sp³-hybridized carbons (Fsp3) is 0.0476. The molecule has 0 unspecified atom stereocenters. The predicted octanol–water partition coefficient (Wildman–Crippen LogP) is 5.96. The van der Waals surface area contributed by atoms with Crippen LogP contribution in [0.2, 0.25) is 0 Å². The van der Waals surface area contributed by atoms with Gasteiger partial charge in [-0.05, 0) is 35.4 Å². The first-order chi connectivity index (χ1) is 12.7. The second-order valence-electron chi connectivity index (χ2n) is 5.85. The van der Waals surface area contributed by atoms with E-state index in [1.807, 2.05) is 66.7 Å². The lowest BCUT2D eigenvalue weighted by molar-refractivity contribution is 0.415. The highest BCUT2D eigenvalue weighted by atomic mass is 16.5. The molecule has 5 heteroatoms. The first kappa shape index (κ1) is 15.9. The maximum atomic E-state index is 10.2. The molecule has 4 rings (SSSR count). The fourth-order valence-electron chi connectivity index (χ4n) is 2.86. The lowest BCUT2D eigenvalue weighted by Crippen LogP contribution is -1.79. The minimum Gasteiger partial charge on any atom is -0.497 e. The van der Waals surface area contributed by atoms with E-state index in [9.17, 15) is 5.11 Å². The molecule has 1 heterocycles. The van der Waals surface area contributed by atoms with Crippen LogP contribution in [0.1, 0.15) is 0 Å². The molecule has 0 aliphatic carbocycles. The minimum atomic E-state index is -0.00291. The normalized spacial score (nSPS) is 11.3. The van der Waals surface area contributed by atoms with Crippen molar-refractivity contribution in [1.29, 1.82) is 0 Å². The molecule has 0 radical (unpaired) electrons. The Kier molecular flexibility index (Phi) is 4.11. The third-order valence-electron chi connectivity index (χ3n) is 4.18. The summed E-state index contributed by atoms with van der Waals surface area (Å²) in [7, 11) is 1.60. The Labute approximate surface area is 150 Å². The van der Waals surface area contributed by atoms with E-state index in [1.54, 1.807) is 13.2 Å². The molecule has 0 aliphatic heterocycles. The minimum absolute atomic E-state index is 0.00291. The molecule has 128 valence electrons. The summed E-state index contributed by atoms with van der Waals surface area (Å²) >= 11 is 0. The van der Waals surface area contributed by atoms with Crippen molar-refractivity contribution in [1.82, 2.24) is 4.98 Å². The molecule has 2 N–H and O–H groups in total. The maximum Gasteiger partial charge on any atom is 0.218 e. The number of aromatic nitrogens is 1. The third-order valence-corrected chi connectivity index (χ3v) is 4.18. The van der Waals surface area contributed by atoms with Crippen LogP contribution < -0.4 is 4.74 Å². The second-order valence-corrected chi connectivity index (χ2v) is 5.85. The number of nitrogens with zero attached hydrogens (tertiary/aromatic N) is 2. The summed E-state index contributed by atoms with van der Waals surface area (Å²) < 4.78 is 5.19. The molecule has 3 aromatic carbocycles. The van der Waals surface area contributed by atoms with Gasteiger partial charge >= 0.3 is 0 Å². The van der Waals surface area contributed by atoms with Gasteiger partial charge in [-0.15, -0.1) is 5.11 Å². The molecule has 0 atom stereocenters. The van der Waals surface area contributed by atoms with Gasteiger partial charge in [0, 0.05) is 11.5 Å². The summed E-state index contributed by atoms with van der Waals surface area (Å²) in [6.45, 7) is 0. The molecular formula is C21H17N3O2. The molecule has 26 heavy (non-hydrogen) atoms. The first-order valence-corrected chi connectivity index (χ1v) is 8.20. The lowest BCUT2D eigenvalue weighted by atomic mass is 10.0. The number of aromatic hydroxyl groups is 1. The molecule has 0 bridgehead atoms. The van der Waals surface area contributed by atoms with Crippen molar-refractivity contribution in [2.75, 3.05) is 7.11 Å². The number of fused-ring (bicyclic) bond motifs is 1. The van der Waals surface area contributed by atoms with Crippen molar-refractivity contribution in [3.8, 4) is 22.8 Å². The summed E-state index contributed by atoms with van der Waals surface area (Å²) in [5, 5.41) is 19.6. The van der Waals surface area contributed by atoms with Gasteiger partial charge in [0.05, 0.1) is 18.3 Å². The van der Waals surface area contributed by atoms with Crippen LogP contribution in [0.5, 0.6) is 11.6 Å². The molecule has 0 saturated heterocycles. The van der Waals surface area contributed by atoms with Crippen LogP contribution in [-0.2, 0) is 0 Å². The van der Waals surface area contributed by atoms with Gasteiger partial charge in [0.2, 0.25) is 5.88 Å². The second kappa shape index (κ2) is 6.72. The Bertz CT molecular complexity index is 1090. The van der Waals surface area contributed by atoms with Crippen LogP contribution in [-0.4, -0.2) is 17.2 Å². The number of hydrogen-bond acceptors (Lipinski definition) is 4. The van der Waals surface area contributed by atoms with E-state index in [-0.39, 0.29) is 5.88 Å². The van der Waals surface area contributed by atoms with Crippen LogP contribution in [0.15, 0.2) is 83.0 Å². The van der Waals surface area contributed by atoms with Crippen LogP contribution in [0.4, 0.5) is 11.4 Å². The Morgan fingerprint density at radius 2 is 1.69 bits per heavy atom. The molecule has 4 aromatic rings. The van der Waals surface area contributed by atoms with E-state index < -0.39 is 0 Å². The maximum absolute atomic E-state index is 10.2. The van der Waals surface area contributed by atoms with Gasteiger partial charge in [-0.1, -0.05) is 42.5 Å². The molecule has 5 nitrogen and oxygen atoms in total.